The molecule has 3 aromatic rings. The van der Waals surface area contributed by atoms with Gasteiger partial charge in [-0.1, -0.05) is 25.1 Å². The third-order valence-corrected chi connectivity index (χ3v) is 6.16. The van der Waals surface area contributed by atoms with Crippen LogP contribution in [0.15, 0.2) is 70.2 Å². The van der Waals surface area contributed by atoms with Crippen molar-refractivity contribution in [2.24, 2.45) is 0 Å². The van der Waals surface area contributed by atoms with Crippen LogP contribution in [0.5, 0.6) is 5.75 Å². The third kappa shape index (κ3) is 4.50. The molecule has 0 radical (unpaired) electrons. The standard InChI is InChI=1S/C26H25NO4S/c1-4-11-30-21-9-7-19(8-10-21)23-24(32-16-22-6-5-12-31-22)26(29)27(25(23)28)20-14-17(2)13-18(3)15-20/h5-10,12-15H,4,11,16H2,1-3H3. The van der Waals surface area contributed by atoms with Gasteiger partial charge in [-0.05, 0) is 73.4 Å². The van der Waals surface area contributed by atoms with Crippen LogP contribution in [-0.2, 0) is 15.3 Å². The van der Waals surface area contributed by atoms with Gasteiger partial charge in [-0.15, -0.1) is 11.8 Å². The Kier molecular flexibility index (Phi) is 6.51. The van der Waals surface area contributed by atoms with E-state index >= 15 is 0 Å². The normalized spacial score (nSPS) is 13.9. The lowest BCUT2D eigenvalue weighted by molar-refractivity contribution is -0.119. The number of carbonyl (C=O) groups is 2. The fourth-order valence-corrected chi connectivity index (χ4v) is 4.70. The average molecular weight is 448 g/mol. The minimum atomic E-state index is -0.316. The van der Waals surface area contributed by atoms with Crippen molar-refractivity contribution in [1.82, 2.24) is 0 Å². The maximum absolute atomic E-state index is 13.5. The van der Waals surface area contributed by atoms with Crippen molar-refractivity contribution in [1.29, 1.82) is 0 Å². The fourth-order valence-electron chi connectivity index (χ4n) is 3.69. The quantitative estimate of drug-likeness (QED) is 0.402. The van der Waals surface area contributed by atoms with Gasteiger partial charge in [0.1, 0.15) is 11.5 Å². The lowest BCUT2D eigenvalue weighted by Gasteiger charge is -2.16. The molecule has 2 heterocycles. The van der Waals surface area contributed by atoms with Crippen LogP contribution in [0.3, 0.4) is 0 Å². The molecule has 0 spiro atoms. The summed E-state index contributed by atoms with van der Waals surface area (Å²) in [6.45, 7) is 6.59. The molecule has 164 valence electrons. The maximum atomic E-state index is 13.5. The predicted molar refractivity (Wildman–Crippen MR) is 128 cm³/mol. The van der Waals surface area contributed by atoms with Gasteiger partial charge in [-0.2, -0.15) is 0 Å². The summed E-state index contributed by atoms with van der Waals surface area (Å²) in [5.41, 5.74) is 3.69. The Bertz CT molecular complexity index is 1140. The minimum absolute atomic E-state index is 0.308. The highest BCUT2D eigenvalue weighted by atomic mass is 32.2. The molecule has 1 aliphatic rings. The van der Waals surface area contributed by atoms with Crippen molar-refractivity contribution < 1.29 is 18.7 Å². The van der Waals surface area contributed by atoms with Gasteiger partial charge >= 0.3 is 0 Å². The second kappa shape index (κ2) is 9.49. The van der Waals surface area contributed by atoms with E-state index in [-0.39, 0.29) is 11.8 Å². The Balaban J connectivity index is 1.72. The van der Waals surface area contributed by atoms with Crippen LogP contribution in [0.2, 0.25) is 0 Å². The van der Waals surface area contributed by atoms with E-state index in [9.17, 15) is 9.59 Å². The molecule has 0 aliphatic carbocycles. The van der Waals surface area contributed by atoms with Gasteiger partial charge in [0.05, 0.1) is 34.8 Å². The van der Waals surface area contributed by atoms with Gasteiger partial charge in [0, 0.05) is 0 Å². The van der Waals surface area contributed by atoms with E-state index in [1.807, 2.05) is 75.4 Å². The van der Waals surface area contributed by atoms with Gasteiger partial charge < -0.3 is 9.15 Å². The molecule has 5 nitrogen and oxygen atoms in total. The second-order valence-corrected chi connectivity index (χ2v) is 8.72. The Hall–Kier alpha value is -3.25. The predicted octanol–water partition coefficient (Wildman–Crippen LogP) is 5.90. The number of furan rings is 1. The van der Waals surface area contributed by atoms with Crippen molar-refractivity contribution in [2.45, 2.75) is 32.9 Å². The first-order valence-corrected chi connectivity index (χ1v) is 11.6. The van der Waals surface area contributed by atoms with E-state index < -0.39 is 0 Å². The highest BCUT2D eigenvalue weighted by Gasteiger charge is 2.40. The molecular weight excluding hydrogens is 422 g/mol. The number of anilines is 1. The zero-order valence-corrected chi connectivity index (χ0v) is 19.2. The van der Waals surface area contributed by atoms with Gasteiger partial charge in [-0.3, -0.25) is 9.59 Å². The molecule has 2 aromatic carbocycles. The summed E-state index contributed by atoms with van der Waals surface area (Å²) in [4.78, 5) is 28.7. The number of aryl methyl sites for hydroxylation is 2. The van der Waals surface area contributed by atoms with E-state index in [2.05, 4.69) is 0 Å². The first-order chi connectivity index (χ1) is 15.5. The summed E-state index contributed by atoms with van der Waals surface area (Å²) in [7, 11) is 0. The number of rotatable bonds is 8. The van der Waals surface area contributed by atoms with Crippen molar-refractivity contribution in [3.8, 4) is 5.75 Å². The van der Waals surface area contributed by atoms with Crippen molar-refractivity contribution >= 4 is 34.8 Å². The molecule has 0 saturated carbocycles. The molecule has 0 bridgehead atoms. The van der Waals surface area contributed by atoms with Gasteiger partial charge in [0.15, 0.2) is 0 Å². The summed E-state index contributed by atoms with van der Waals surface area (Å²) in [6, 6.07) is 16.8. The van der Waals surface area contributed by atoms with Crippen LogP contribution < -0.4 is 9.64 Å². The van der Waals surface area contributed by atoms with Gasteiger partial charge in [0.25, 0.3) is 11.8 Å². The SMILES string of the molecule is CCCOc1ccc(C2=C(SCc3ccco3)C(=O)N(c3cc(C)cc(C)c3)C2=O)cc1. The monoisotopic (exact) mass is 447 g/mol. The average Bonchev–Trinajstić information content (AvgIpc) is 3.36. The first-order valence-electron chi connectivity index (χ1n) is 10.6. The third-order valence-electron chi connectivity index (χ3n) is 5.06. The molecule has 32 heavy (non-hydrogen) atoms. The smallest absolute Gasteiger partial charge is 0.272 e. The summed E-state index contributed by atoms with van der Waals surface area (Å²) < 4.78 is 11.1. The number of imide groups is 1. The molecule has 1 aliphatic heterocycles. The Morgan fingerprint density at radius 2 is 1.69 bits per heavy atom. The molecule has 1 aromatic heterocycles. The van der Waals surface area contributed by atoms with E-state index in [1.165, 1.54) is 16.7 Å². The van der Waals surface area contributed by atoms with E-state index in [1.54, 1.807) is 6.26 Å². The molecule has 6 heteroatoms. The number of carbonyl (C=O) groups excluding carboxylic acids is 2. The number of nitrogens with zero attached hydrogens (tertiary/aromatic N) is 1. The molecular formula is C26H25NO4S. The summed E-state index contributed by atoms with van der Waals surface area (Å²) in [6.07, 6.45) is 2.52. The zero-order valence-electron chi connectivity index (χ0n) is 18.4. The fraction of sp³-hybridized carbons (Fsp3) is 0.231. The molecule has 2 amide bonds. The lowest BCUT2D eigenvalue weighted by Crippen LogP contribution is -2.31. The zero-order chi connectivity index (χ0) is 22.7. The molecule has 0 N–H and O–H groups in total. The number of hydrogen-bond acceptors (Lipinski definition) is 5. The van der Waals surface area contributed by atoms with Crippen molar-refractivity contribution in [3.63, 3.8) is 0 Å². The molecule has 0 unspecified atom stereocenters. The summed E-state index contributed by atoms with van der Waals surface area (Å²) in [5.74, 6) is 1.32. The number of thioether (sulfide) groups is 1. The lowest BCUT2D eigenvalue weighted by atomic mass is 10.1. The molecule has 0 fully saturated rings. The van der Waals surface area contributed by atoms with Crippen LogP contribution >= 0.6 is 11.8 Å². The maximum Gasteiger partial charge on any atom is 0.272 e. The van der Waals surface area contributed by atoms with Gasteiger partial charge in [-0.25, -0.2) is 4.90 Å². The van der Waals surface area contributed by atoms with E-state index in [4.69, 9.17) is 9.15 Å². The van der Waals surface area contributed by atoms with Crippen LogP contribution in [0, 0.1) is 13.8 Å². The number of benzene rings is 2. The Labute approximate surface area is 192 Å². The summed E-state index contributed by atoms with van der Waals surface area (Å²) >= 11 is 1.32. The highest BCUT2D eigenvalue weighted by molar-refractivity contribution is 8.03. The Morgan fingerprint density at radius 1 is 0.969 bits per heavy atom. The number of amides is 2. The Morgan fingerprint density at radius 3 is 2.31 bits per heavy atom. The largest absolute Gasteiger partial charge is 0.494 e. The topological polar surface area (TPSA) is 59.8 Å². The number of ether oxygens (including phenoxy) is 1. The highest BCUT2D eigenvalue weighted by Crippen LogP contribution is 2.40. The van der Waals surface area contributed by atoms with E-state index in [0.717, 1.165) is 29.1 Å². The van der Waals surface area contributed by atoms with Crippen LogP contribution in [0.4, 0.5) is 5.69 Å². The van der Waals surface area contributed by atoms with Crippen LogP contribution in [0.25, 0.3) is 5.57 Å². The molecule has 0 saturated heterocycles. The minimum Gasteiger partial charge on any atom is -0.494 e. The van der Waals surface area contributed by atoms with E-state index in [0.29, 0.717) is 34.1 Å². The van der Waals surface area contributed by atoms with Gasteiger partial charge in [0.2, 0.25) is 0 Å². The van der Waals surface area contributed by atoms with Crippen LogP contribution in [-0.4, -0.2) is 18.4 Å². The summed E-state index contributed by atoms with van der Waals surface area (Å²) in [5, 5.41) is 0. The second-order valence-electron chi connectivity index (χ2n) is 7.74. The molecule has 4 rings (SSSR count). The number of hydrogen-bond donors (Lipinski definition) is 0. The van der Waals surface area contributed by atoms with Crippen molar-refractivity contribution in [3.05, 3.63) is 88.2 Å². The molecule has 0 atom stereocenters. The van der Waals surface area contributed by atoms with Crippen molar-refractivity contribution in [2.75, 3.05) is 11.5 Å². The van der Waals surface area contributed by atoms with Crippen LogP contribution in [0.1, 0.15) is 35.8 Å². The first kappa shape index (κ1) is 22.0.